The van der Waals surface area contributed by atoms with Crippen LogP contribution >= 0.6 is 0 Å². The fourth-order valence-electron chi connectivity index (χ4n) is 0.860. The maximum atomic E-state index is 10.6. The minimum absolute atomic E-state index is 0.163. The molecule has 0 aromatic carbocycles. The fourth-order valence-corrected chi connectivity index (χ4v) is 0.860. The van der Waals surface area contributed by atoms with Gasteiger partial charge in [0.25, 0.3) is 0 Å². The van der Waals surface area contributed by atoms with E-state index in [9.17, 15) is 4.79 Å². The predicted molar refractivity (Wildman–Crippen MR) is 26.1 cm³/mol. The molecule has 3 nitrogen and oxygen atoms in total. The molecule has 44 valence electrons. The molecule has 2 aliphatic heterocycles. The molecule has 3 heteroatoms. The van der Waals surface area contributed by atoms with Crippen LogP contribution in [0.1, 0.15) is 6.42 Å². The molecule has 2 aliphatic rings. The van der Waals surface area contributed by atoms with Crippen LogP contribution in [0.5, 0.6) is 0 Å². The van der Waals surface area contributed by atoms with E-state index >= 15 is 0 Å². The molecule has 0 aromatic heterocycles. The minimum atomic E-state index is 0.163. The average molecular weight is 113 g/mol. The lowest BCUT2D eigenvalue weighted by Crippen LogP contribution is -2.45. The van der Waals surface area contributed by atoms with E-state index in [0.717, 1.165) is 19.6 Å². The standard InChI is InChI=1S/C5H7NO2/c7-4-1-2-6(4)5-3-8-5/h5H,1-3H2. The topological polar surface area (TPSA) is 32.8 Å². The summed E-state index contributed by atoms with van der Waals surface area (Å²) in [5, 5.41) is 0. The van der Waals surface area contributed by atoms with E-state index in [-0.39, 0.29) is 12.1 Å². The van der Waals surface area contributed by atoms with Crippen molar-refractivity contribution in [1.29, 1.82) is 0 Å². The van der Waals surface area contributed by atoms with E-state index in [0.29, 0.717) is 0 Å². The fraction of sp³-hybridized carbons (Fsp3) is 0.800. The average Bonchev–Trinajstić information content (AvgIpc) is 2.46. The lowest BCUT2D eigenvalue weighted by Gasteiger charge is -2.28. The number of likely N-dealkylation sites (tertiary alicyclic amines) is 1. The largest absolute Gasteiger partial charge is 0.351 e. The number of hydrogen-bond acceptors (Lipinski definition) is 2. The molecular formula is C5H7NO2. The molecule has 0 bridgehead atoms. The Labute approximate surface area is 47.2 Å². The number of rotatable bonds is 1. The van der Waals surface area contributed by atoms with Crippen LogP contribution < -0.4 is 0 Å². The smallest absolute Gasteiger partial charge is 0.226 e. The normalized spacial score (nSPS) is 34.8. The number of hydrogen-bond donors (Lipinski definition) is 0. The minimum Gasteiger partial charge on any atom is -0.351 e. The molecule has 2 rings (SSSR count). The molecule has 0 spiro atoms. The number of β-lactam (4-membered cyclic amide) rings is 1. The van der Waals surface area contributed by atoms with Crippen molar-refractivity contribution in [3.63, 3.8) is 0 Å². The highest BCUT2D eigenvalue weighted by Crippen LogP contribution is 2.21. The number of nitrogens with zero attached hydrogens (tertiary/aromatic N) is 1. The number of amides is 1. The first-order valence-corrected chi connectivity index (χ1v) is 2.79. The van der Waals surface area contributed by atoms with Gasteiger partial charge in [-0.3, -0.25) is 4.79 Å². The van der Waals surface area contributed by atoms with Gasteiger partial charge in [-0.15, -0.1) is 0 Å². The summed E-state index contributed by atoms with van der Waals surface area (Å²) in [6, 6.07) is 0. The molecule has 0 radical (unpaired) electrons. The van der Waals surface area contributed by atoms with Crippen LogP contribution in [0.4, 0.5) is 0 Å². The molecule has 2 heterocycles. The molecule has 2 fully saturated rings. The van der Waals surface area contributed by atoms with Gasteiger partial charge in [0.15, 0.2) is 6.23 Å². The Morgan fingerprint density at radius 2 is 2.50 bits per heavy atom. The summed E-state index contributed by atoms with van der Waals surface area (Å²) >= 11 is 0. The van der Waals surface area contributed by atoms with E-state index in [1.54, 1.807) is 4.90 Å². The Morgan fingerprint density at radius 3 is 2.62 bits per heavy atom. The highest BCUT2D eigenvalue weighted by Gasteiger charge is 2.38. The molecule has 0 aromatic rings. The Balaban J connectivity index is 1.96. The number of epoxide rings is 1. The molecular weight excluding hydrogens is 106 g/mol. The Morgan fingerprint density at radius 1 is 1.75 bits per heavy atom. The van der Waals surface area contributed by atoms with Crippen LogP contribution in [-0.4, -0.2) is 30.2 Å². The Bertz CT molecular complexity index is 130. The molecule has 1 atom stereocenters. The molecule has 2 saturated heterocycles. The molecule has 1 amide bonds. The second kappa shape index (κ2) is 1.23. The summed E-state index contributed by atoms with van der Waals surface area (Å²) in [5.41, 5.74) is 0. The van der Waals surface area contributed by atoms with Crippen molar-refractivity contribution in [2.75, 3.05) is 13.2 Å². The second-order valence-corrected chi connectivity index (χ2v) is 2.13. The van der Waals surface area contributed by atoms with Crippen molar-refractivity contribution in [2.24, 2.45) is 0 Å². The predicted octanol–water partition coefficient (Wildman–Crippen LogP) is -0.425. The van der Waals surface area contributed by atoms with Crippen LogP contribution in [0.3, 0.4) is 0 Å². The zero-order chi connectivity index (χ0) is 5.56. The first kappa shape index (κ1) is 4.32. The zero-order valence-electron chi connectivity index (χ0n) is 4.46. The summed E-state index contributed by atoms with van der Waals surface area (Å²) in [6.45, 7) is 1.66. The van der Waals surface area contributed by atoms with Crippen molar-refractivity contribution < 1.29 is 9.53 Å². The monoisotopic (exact) mass is 113 g/mol. The maximum absolute atomic E-state index is 10.6. The van der Waals surface area contributed by atoms with Gasteiger partial charge in [0.05, 0.1) is 6.61 Å². The van der Waals surface area contributed by atoms with E-state index in [2.05, 4.69) is 0 Å². The van der Waals surface area contributed by atoms with Gasteiger partial charge in [-0.25, -0.2) is 0 Å². The van der Waals surface area contributed by atoms with Gasteiger partial charge < -0.3 is 9.64 Å². The van der Waals surface area contributed by atoms with E-state index in [1.165, 1.54) is 0 Å². The molecule has 0 saturated carbocycles. The van der Waals surface area contributed by atoms with E-state index < -0.39 is 0 Å². The van der Waals surface area contributed by atoms with Crippen LogP contribution in [0.25, 0.3) is 0 Å². The van der Waals surface area contributed by atoms with Crippen LogP contribution in [0.15, 0.2) is 0 Å². The first-order chi connectivity index (χ1) is 3.88. The molecule has 0 N–H and O–H groups in total. The van der Waals surface area contributed by atoms with Crippen LogP contribution in [0, 0.1) is 0 Å². The molecule has 0 aliphatic carbocycles. The third kappa shape index (κ3) is 0.448. The quantitative estimate of drug-likeness (QED) is 0.341. The number of carbonyl (C=O) groups is 1. The summed E-state index contributed by atoms with van der Waals surface area (Å²) in [4.78, 5) is 12.3. The SMILES string of the molecule is O=C1CCN1C1CO1. The van der Waals surface area contributed by atoms with Crippen molar-refractivity contribution in [3.8, 4) is 0 Å². The van der Waals surface area contributed by atoms with Crippen molar-refractivity contribution in [2.45, 2.75) is 12.6 Å². The van der Waals surface area contributed by atoms with E-state index in [4.69, 9.17) is 4.74 Å². The van der Waals surface area contributed by atoms with Gasteiger partial charge in [-0.2, -0.15) is 0 Å². The van der Waals surface area contributed by atoms with Gasteiger partial charge in [0.2, 0.25) is 5.91 Å². The third-order valence-electron chi connectivity index (χ3n) is 1.55. The van der Waals surface area contributed by atoms with Crippen molar-refractivity contribution in [1.82, 2.24) is 4.90 Å². The van der Waals surface area contributed by atoms with Gasteiger partial charge in [0.1, 0.15) is 0 Å². The highest BCUT2D eigenvalue weighted by molar-refractivity contribution is 5.82. The number of ether oxygens (including phenoxy) is 1. The first-order valence-electron chi connectivity index (χ1n) is 2.79. The summed E-state index contributed by atoms with van der Waals surface area (Å²) in [6.07, 6.45) is 0.885. The maximum Gasteiger partial charge on any atom is 0.226 e. The van der Waals surface area contributed by atoms with Crippen LogP contribution in [0.2, 0.25) is 0 Å². The van der Waals surface area contributed by atoms with Crippen LogP contribution in [-0.2, 0) is 9.53 Å². The van der Waals surface area contributed by atoms with Gasteiger partial charge in [-0.05, 0) is 0 Å². The van der Waals surface area contributed by atoms with Gasteiger partial charge in [0, 0.05) is 13.0 Å². The molecule has 1 unspecified atom stereocenters. The third-order valence-corrected chi connectivity index (χ3v) is 1.55. The summed E-state index contributed by atoms with van der Waals surface area (Å²) in [7, 11) is 0. The lowest BCUT2D eigenvalue weighted by molar-refractivity contribution is -0.142. The van der Waals surface area contributed by atoms with Gasteiger partial charge >= 0.3 is 0 Å². The Hall–Kier alpha value is -0.570. The Kier molecular flexibility index (Phi) is 0.663. The highest BCUT2D eigenvalue weighted by atomic mass is 16.6. The zero-order valence-corrected chi connectivity index (χ0v) is 4.46. The summed E-state index contributed by atoms with van der Waals surface area (Å²) in [5.74, 6) is 0.243. The van der Waals surface area contributed by atoms with Gasteiger partial charge in [-0.1, -0.05) is 0 Å². The van der Waals surface area contributed by atoms with E-state index in [1.807, 2.05) is 0 Å². The second-order valence-electron chi connectivity index (χ2n) is 2.13. The number of carbonyl (C=O) groups excluding carboxylic acids is 1. The van der Waals surface area contributed by atoms with Crippen molar-refractivity contribution >= 4 is 5.91 Å². The summed E-state index contributed by atoms with van der Waals surface area (Å²) < 4.78 is 4.89. The molecule has 8 heavy (non-hydrogen) atoms. The van der Waals surface area contributed by atoms with Crippen molar-refractivity contribution in [3.05, 3.63) is 0 Å². The lowest BCUT2D eigenvalue weighted by atomic mass is 10.2.